The smallest absolute Gasteiger partial charge is 0.191 e. The van der Waals surface area contributed by atoms with E-state index in [1.165, 1.54) is 0 Å². The van der Waals surface area contributed by atoms with Crippen LogP contribution in [0.4, 0.5) is 0 Å². The third-order valence-electron chi connectivity index (χ3n) is 3.91. The van der Waals surface area contributed by atoms with Crippen LogP contribution in [0, 0.1) is 6.92 Å². The fraction of sp³-hybridized carbons (Fsp3) is 0.200. The third-order valence-corrected chi connectivity index (χ3v) is 5.68. The van der Waals surface area contributed by atoms with Gasteiger partial charge in [0.1, 0.15) is 12.4 Å². The predicted molar refractivity (Wildman–Crippen MR) is 112 cm³/mol. The van der Waals surface area contributed by atoms with Gasteiger partial charge in [-0.1, -0.05) is 65.3 Å². The van der Waals surface area contributed by atoms with Gasteiger partial charge >= 0.3 is 0 Å². The number of aromatic nitrogens is 3. The van der Waals surface area contributed by atoms with Gasteiger partial charge in [0, 0.05) is 12.3 Å². The lowest BCUT2D eigenvalue weighted by Gasteiger charge is -2.10. The number of halogens is 2. The fourth-order valence-corrected chi connectivity index (χ4v) is 3.71. The molecule has 0 radical (unpaired) electrons. The molecule has 0 amide bonds. The first-order valence-electron chi connectivity index (χ1n) is 8.36. The third kappa shape index (κ3) is 5.06. The first kappa shape index (κ1) is 19.8. The highest BCUT2D eigenvalue weighted by molar-refractivity contribution is 7.98. The molecule has 27 heavy (non-hydrogen) atoms. The number of ether oxygens (including phenoxy) is 1. The summed E-state index contributed by atoms with van der Waals surface area (Å²) in [5.74, 6) is 2.32. The lowest BCUT2D eigenvalue weighted by molar-refractivity contribution is 0.287. The second-order valence-electron chi connectivity index (χ2n) is 5.89. The standard InChI is InChI=1S/C20H19Cl2N3OS/c1-3-10-25-19(12-26-18-7-5-4-6-14(18)2)23-24-20(25)27-13-15-8-9-16(21)17(22)11-15/h3-9,11H,1,10,12-13H2,2H3. The highest BCUT2D eigenvalue weighted by Crippen LogP contribution is 2.27. The molecule has 140 valence electrons. The summed E-state index contributed by atoms with van der Waals surface area (Å²) in [6.45, 7) is 6.81. The van der Waals surface area contributed by atoms with Gasteiger partial charge in [0.15, 0.2) is 11.0 Å². The first-order chi connectivity index (χ1) is 13.1. The molecule has 0 saturated carbocycles. The molecule has 0 aliphatic carbocycles. The molecule has 0 atom stereocenters. The number of hydrogen-bond donors (Lipinski definition) is 0. The van der Waals surface area contributed by atoms with Crippen molar-refractivity contribution >= 4 is 35.0 Å². The van der Waals surface area contributed by atoms with Crippen LogP contribution in [0.25, 0.3) is 0 Å². The molecule has 1 aromatic heterocycles. The second kappa shape index (κ2) is 9.31. The molecule has 0 bridgehead atoms. The summed E-state index contributed by atoms with van der Waals surface area (Å²) in [7, 11) is 0. The maximum Gasteiger partial charge on any atom is 0.191 e. The zero-order valence-electron chi connectivity index (χ0n) is 14.9. The van der Waals surface area contributed by atoms with E-state index in [1.54, 1.807) is 17.8 Å². The van der Waals surface area contributed by atoms with Crippen molar-refractivity contribution in [1.82, 2.24) is 14.8 Å². The highest BCUT2D eigenvalue weighted by Gasteiger charge is 2.13. The Morgan fingerprint density at radius 3 is 2.70 bits per heavy atom. The summed E-state index contributed by atoms with van der Waals surface area (Å²) in [5.41, 5.74) is 2.15. The van der Waals surface area contributed by atoms with Gasteiger partial charge in [-0.25, -0.2) is 0 Å². The van der Waals surface area contributed by atoms with Gasteiger partial charge in [-0.2, -0.15) is 0 Å². The monoisotopic (exact) mass is 419 g/mol. The van der Waals surface area contributed by atoms with Crippen molar-refractivity contribution in [3.8, 4) is 5.75 Å². The lowest BCUT2D eigenvalue weighted by Crippen LogP contribution is -2.08. The highest BCUT2D eigenvalue weighted by atomic mass is 35.5. The minimum atomic E-state index is 0.346. The van der Waals surface area contributed by atoms with Crippen molar-refractivity contribution < 1.29 is 4.74 Å². The normalized spacial score (nSPS) is 10.8. The van der Waals surface area contributed by atoms with Crippen LogP contribution in [-0.4, -0.2) is 14.8 Å². The van der Waals surface area contributed by atoms with Gasteiger partial charge in [-0.3, -0.25) is 4.57 Å². The molecule has 0 unspecified atom stereocenters. The molecule has 0 saturated heterocycles. The topological polar surface area (TPSA) is 39.9 Å². The Morgan fingerprint density at radius 1 is 1.15 bits per heavy atom. The van der Waals surface area contributed by atoms with Gasteiger partial charge in [0.2, 0.25) is 0 Å². The zero-order chi connectivity index (χ0) is 19.2. The number of aryl methyl sites for hydroxylation is 1. The lowest BCUT2D eigenvalue weighted by atomic mass is 10.2. The maximum absolute atomic E-state index is 6.09. The molecule has 4 nitrogen and oxygen atoms in total. The molecule has 3 aromatic rings. The van der Waals surface area contributed by atoms with Crippen molar-refractivity contribution in [3.63, 3.8) is 0 Å². The van der Waals surface area contributed by atoms with Crippen LogP contribution in [0.1, 0.15) is 17.0 Å². The number of rotatable bonds is 8. The van der Waals surface area contributed by atoms with E-state index in [0.717, 1.165) is 27.9 Å². The molecule has 7 heteroatoms. The summed E-state index contributed by atoms with van der Waals surface area (Å²) < 4.78 is 7.92. The molecule has 3 rings (SSSR count). The van der Waals surface area contributed by atoms with Gasteiger partial charge in [-0.15, -0.1) is 16.8 Å². The van der Waals surface area contributed by atoms with Crippen molar-refractivity contribution in [1.29, 1.82) is 0 Å². The molecule has 0 spiro atoms. The van der Waals surface area contributed by atoms with Gasteiger partial charge in [0.05, 0.1) is 10.0 Å². The van der Waals surface area contributed by atoms with E-state index in [1.807, 2.05) is 54.0 Å². The van der Waals surface area contributed by atoms with E-state index in [4.69, 9.17) is 27.9 Å². The summed E-state index contributed by atoms with van der Waals surface area (Å²) in [6, 6.07) is 13.5. The van der Waals surface area contributed by atoms with Crippen molar-refractivity contribution in [2.75, 3.05) is 0 Å². The molecular formula is C20H19Cl2N3OS. The van der Waals surface area contributed by atoms with Crippen LogP contribution in [-0.2, 0) is 18.9 Å². The maximum atomic E-state index is 6.09. The predicted octanol–water partition coefficient (Wildman–Crippen LogP) is 5.95. The summed E-state index contributed by atoms with van der Waals surface area (Å²) in [5, 5.41) is 10.5. The van der Waals surface area contributed by atoms with Crippen molar-refractivity contribution in [2.24, 2.45) is 0 Å². The van der Waals surface area contributed by atoms with Crippen molar-refractivity contribution in [3.05, 3.63) is 82.1 Å². The number of benzene rings is 2. The van der Waals surface area contributed by atoms with Crippen LogP contribution in [0.2, 0.25) is 10.0 Å². The Morgan fingerprint density at radius 2 is 1.96 bits per heavy atom. The summed E-state index contributed by atoms with van der Waals surface area (Å²) in [4.78, 5) is 0. The number of nitrogens with zero attached hydrogens (tertiary/aromatic N) is 3. The van der Waals surface area contributed by atoms with E-state index in [2.05, 4.69) is 16.8 Å². The minimum Gasteiger partial charge on any atom is -0.485 e. The molecule has 1 heterocycles. The van der Waals surface area contributed by atoms with E-state index >= 15 is 0 Å². The quantitative estimate of drug-likeness (QED) is 0.334. The second-order valence-corrected chi connectivity index (χ2v) is 7.65. The average Bonchev–Trinajstić information content (AvgIpc) is 3.04. The number of para-hydroxylation sites is 1. The van der Waals surface area contributed by atoms with Crippen molar-refractivity contribution in [2.45, 2.75) is 31.0 Å². The summed E-state index contributed by atoms with van der Waals surface area (Å²) in [6.07, 6.45) is 1.82. The average molecular weight is 420 g/mol. The molecule has 0 aliphatic heterocycles. The number of allylic oxidation sites excluding steroid dienone is 1. The Labute approximate surface area is 173 Å². The molecule has 0 aliphatic rings. The van der Waals surface area contributed by atoms with E-state index in [9.17, 15) is 0 Å². The van der Waals surface area contributed by atoms with Gasteiger partial charge in [-0.05, 0) is 36.2 Å². The Hall–Kier alpha value is -1.95. The van der Waals surface area contributed by atoms with Crippen LogP contribution in [0.15, 0.2) is 60.3 Å². The van der Waals surface area contributed by atoms with E-state index < -0.39 is 0 Å². The minimum absolute atomic E-state index is 0.346. The largest absolute Gasteiger partial charge is 0.485 e. The van der Waals surface area contributed by atoms with Crippen LogP contribution in [0.5, 0.6) is 5.75 Å². The van der Waals surface area contributed by atoms with Gasteiger partial charge < -0.3 is 4.74 Å². The molecule has 0 fully saturated rings. The van der Waals surface area contributed by atoms with E-state index in [0.29, 0.717) is 28.9 Å². The SMILES string of the molecule is C=CCn1c(COc2ccccc2C)nnc1SCc1ccc(Cl)c(Cl)c1. The Kier molecular flexibility index (Phi) is 6.83. The molecular weight excluding hydrogens is 401 g/mol. The number of hydrogen-bond acceptors (Lipinski definition) is 4. The fourth-order valence-electron chi connectivity index (χ4n) is 2.48. The summed E-state index contributed by atoms with van der Waals surface area (Å²) >= 11 is 13.6. The first-order valence-corrected chi connectivity index (χ1v) is 10.1. The van der Waals surface area contributed by atoms with Gasteiger partial charge in [0.25, 0.3) is 0 Å². The Balaban J connectivity index is 1.71. The van der Waals surface area contributed by atoms with E-state index in [-0.39, 0.29) is 0 Å². The van der Waals surface area contributed by atoms with Crippen LogP contribution >= 0.6 is 35.0 Å². The van der Waals surface area contributed by atoms with Crippen LogP contribution < -0.4 is 4.74 Å². The van der Waals surface area contributed by atoms with Crippen LogP contribution in [0.3, 0.4) is 0 Å². The zero-order valence-corrected chi connectivity index (χ0v) is 17.2. The number of thioether (sulfide) groups is 1. The Bertz CT molecular complexity index is 943. The molecule has 0 N–H and O–H groups in total. The molecule has 2 aromatic carbocycles.